The molecule has 0 saturated carbocycles. The van der Waals surface area contributed by atoms with Crippen LogP contribution in [0.2, 0.25) is 0 Å². The van der Waals surface area contributed by atoms with E-state index in [2.05, 4.69) is 159 Å². The molecule has 2 aliphatic rings. The van der Waals surface area contributed by atoms with E-state index in [4.69, 9.17) is 0 Å². The van der Waals surface area contributed by atoms with Crippen LogP contribution in [0.5, 0.6) is 0 Å². The Morgan fingerprint density at radius 1 is 0.571 bits per heavy atom. The van der Waals surface area contributed by atoms with Gasteiger partial charge in [0.1, 0.15) is 0 Å². The molecule has 0 N–H and O–H groups in total. The van der Waals surface area contributed by atoms with Crippen molar-refractivity contribution in [1.82, 2.24) is 0 Å². The Morgan fingerprint density at radius 2 is 1.02 bits per heavy atom. The van der Waals surface area contributed by atoms with Crippen LogP contribution in [0.25, 0.3) is 11.1 Å². The van der Waals surface area contributed by atoms with Crippen LogP contribution in [-0.4, -0.2) is 3.21 Å². The Labute approximate surface area is 305 Å². The van der Waals surface area contributed by atoms with E-state index in [0.29, 0.717) is 3.63 Å². The molecule has 0 nitrogen and oxygen atoms in total. The van der Waals surface area contributed by atoms with Gasteiger partial charge in [-0.25, -0.2) is 0 Å². The van der Waals surface area contributed by atoms with Crippen LogP contribution in [0, 0.1) is 0 Å². The van der Waals surface area contributed by atoms with Crippen molar-refractivity contribution in [2.24, 2.45) is 0 Å². The molecule has 0 aromatic heterocycles. The summed E-state index contributed by atoms with van der Waals surface area (Å²) in [6.07, 6.45) is 8.49. The summed E-state index contributed by atoms with van der Waals surface area (Å²) in [5.74, 6) is 0. The molecule has 0 atom stereocenters. The molecule has 0 saturated heterocycles. The first-order valence-electron chi connectivity index (χ1n) is 19.1. The van der Waals surface area contributed by atoms with E-state index in [9.17, 15) is 0 Å². The Bertz CT molecular complexity index is 1800. The second-order valence-corrected chi connectivity index (χ2v) is 22.7. The molecular weight excluding hydrogens is 668 g/mol. The molecule has 0 aliphatic heterocycles. The van der Waals surface area contributed by atoms with Gasteiger partial charge in [0.05, 0.1) is 0 Å². The summed E-state index contributed by atoms with van der Waals surface area (Å²) in [6, 6.07) is 38.2. The van der Waals surface area contributed by atoms with Crippen LogP contribution in [0.4, 0.5) is 0 Å². The van der Waals surface area contributed by atoms with Gasteiger partial charge in [-0.05, 0) is 0 Å². The first kappa shape index (κ1) is 35.9. The summed E-state index contributed by atoms with van der Waals surface area (Å²) >= 11 is -2.91. The molecule has 0 amide bonds. The van der Waals surface area contributed by atoms with E-state index in [1.165, 1.54) is 78.3 Å². The molecule has 49 heavy (non-hydrogen) atoms. The van der Waals surface area contributed by atoms with Gasteiger partial charge in [0.2, 0.25) is 0 Å². The van der Waals surface area contributed by atoms with Gasteiger partial charge >= 0.3 is 308 Å². The molecule has 0 radical (unpaired) electrons. The van der Waals surface area contributed by atoms with Gasteiger partial charge < -0.3 is 0 Å². The minimum atomic E-state index is -2.91. The van der Waals surface area contributed by atoms with Crippen molar-refractivity contribution >= 4 is 3.21 Å². The third-order valence-corrected chi connectivity index (χ3v) is 19.3. The third-order valence-electron chi connectivity index (χ3n) is 10.9. The molecular formula is C48H58Zr. The molecule has 0 bridgehead atoms. The predicted octanol–water partition coefficient (Wildman–Crippen LogP) is 13.6. The fourth-order valence-electron chi connectivity index (χ4n) is 8.41. The number of rotatable bonds is 10. The van der Waals surface area contributed by atoms with E-state index in [1.807, 2.05) is 3.28 Å². The first-order chi connectivity index (χ1) is 23.5. The zero-order valence-corrected chi connectivity index (χ0v) is 34.2. The fraction of sp³-hybridized carbons (Fsp3) is 0.396. The molecule has 0 unspecified atom stereocenters. The molecule has 6 rings (SSSR count). The van der Waals surface area contributed by atoms with Gasteiger partial charge in [-0.2, -0.15) is 0 Å². The monoisotopic (exact) mass is 724 g/mol. The van der Waals surface area contributed by atoms with Crippen molar-refractivity contribution in [3.63, 3.8) is 0 Å². The second kappa shape index (κ2) is 14.8. The summed E-state index contributed by atoms with van der Waals surface area (Å²) < 4.78 is 3.97. The molecule has 254 valence electrons. The average Bonchev–Trinajstić information content (AvgIpc) is 3.58. The molecule has 4 aromatic rings. The maximum atomic E-state index is 2.65. The van der Waals surface area contributed by atoms with Crippen LogP contribution in [0.1, 0.15) is 144 Å². The standard InChI is InChI=1S/C21H25.C14H23.C13H10.Zr/c1-20(2,3)16-7-9-18-14(12-16)11-15-13-17(21(4,5)6)8-10-19(15)18;1-4-7-12-10-11-13(8-5-2)14(12)9-6-3;1-3-7-12(8-4-1)11-13-9-5-2-6-10-13;/h7-13H,1-6H3;4-10H2,1-3H3;1-10H;. The number of fused-ring (bicyclic) bond motifs is 3. The summed E-state index contributed by atoms with van der Waals surface area (Å²) in [7, 11) is 0. The molecule has 0 fully saturated rings. The Balaban J connectivity index is 1.80. The number of benzene rings is 4. The van der Waals surface area contributed by atoms with Gasteiger partial charge in [-0.3, -0.25) is 0 Å². The normalized spacial score (nSPS) is 14.8. The summed E-state index contributed by atoms with van der Waals surface area (Å²) in [5.41, 5.74) is 17.3. The van der Waals surface area contributed by atoms with E-state index in [0.717, 1.165) is 0 Å². The Morgan fingerprint density at radius 3 is 1.45 bits per heavy atom. The zero-order valence-electron chi connectivity index (χ0n) is 31.8. The molecule has 1 heteroatoms. The third kappa shape index (κ3) is 7.17. The maximum absolute atomic E-state index is 2.91. The second-order valence-electron chi connectivity index (χ2n) is 16.5. The Hall–Kier alpha value is -2.89. The van der Waals surface area contributed by atoms with E-state index in [-0.39, 0.29) is 10.8 Å². The predicted molar refractivity (Wildman–Crippen MR) is 211 cm³/mol. The molecule has 2 aliphatic carbocycles. The van der Waals surface area contributed by atoms with Crippen molar-refractivity contribution < 1.29 is 21.3 Å². The topological polar surface area (TPSA) is 0 Å². The van der Waals surface area contributed by atoms with Crippen LogP contribution in [0.15, 0.2) is 117 Å². The average molecular weight is 726 g/mol. The Kier molecular flexibility index (Phi) is 10.8. The van der Waals surface area contributed by atoms with Crippen molar-refractivity contribution in [2.45, 2.75) is 122 Å². The van der Waals surface area contributed by atoms with Crippen molar-refractivity contribution in [3.8, 4) is 11.1 Å². The quantitative estimate of drug-likeness (QED) is 0.153. The van der Waals surface area contributed by atoms with Gasteiger partial charge in [0, 0.05) is 0 Å². The zero-order chi connectivity index (χ0) is 34.9. The fourth-order valence-corrected chi connectivity index (χ4v) is 18.2. The van der Waals surface area contributed by atoms with Gasteiger partial charge in [0.25, 0.3) is 0 Å². The summed E-state index contributed by atoms with van der Waals surface area (Å²) in [4.78, 5) is 0. The van der Waals surface area contributed by atoms with Crippen LogP contribution >= 0.6 is 0 Å². The van der Waals surface area contributed by atoms with E-state index < -0.39 is 21.3 Å². The van der Waals surface area contributed by atoms with Crippen molar-refractivity contribution in [1.29, 1.82) is 0 Å². The number of hydrogen-bond acceptors (Lipinski definition) is 0. The summed E-state index contributed by atoms with van der Waals surface area (Å²) in [5, 5.41) is 0. The van der Waals surface area contributed by atoms with E-state index in [1.54, 1.807) is 31.1 Å². The van der Waals surface area contributed by atoms with Gasteiger partial charge in [0.15, 0.2) is 0 Å². The number of allylic oxidation sites excluding steroid dienone is 4. The molecule has 0 heterocycles. The van der Waals surface area contributed by atoms with Crippen molar-refractivity contribution in [2.75, 3.05) is 0 Å². The van der Waals surface area contributed by atoms with Crippen LogP contribution < -0.4 is 0 Å². The van der Waals surface area contributed by atoms with Gasteiger partial charge in [-0.15, -0.1) is 0 Å². The van der Waals surface area contributed by atoms with Crippen LogP contribution in [0.3, 0.4) is 0 Å². The first-order valence-corrected chi connectivity index (χ1v) is 22.9. The summed E-state index contributed by atoms with van der Waals surface area (Å²) in [6.45, 7) is 21.4. The van der Waals surface area contributed by atoms with Crippen LogP contribution in [-0.2, 0) is 32.1 Å². The minimum absolute atomic E-state index is 0.0873. The molecule has 4 aromatic carbocycles. The van der Waals surface area contributed by atoms with Gasteiger partial charge in [-0.1, -0.05) is 0 Å². The number of hydrogen-bond donors (Lipinski definition) is 0. The van der Waals surface area contributed by atoms with E-state index >= 15 is 0 Å². The SMILES string of the molecule is CCCC1=C(CCC)C(CCC)=[C]([Zr](=[C](c2ccccc2)c2ccccc2)[CH]2c3cc(C(C)(C)C)ccc3-c3ccc(C(C)(C)C)cc32)C1. The molecule has 0 spiro atoms. The van der Waals surface area contributed by atoms with Crippen molar-refractivity contribution in [3.05, 3.63) is 150 Å².